The van der Waals surface area contributed by atoms with Gasteiger partial charge in [-0.1, -0.05) is 42.8 Å². The molecule has 0 fully saturated rings. The number of rotatable bonds is 10. The molecule has 0 aromatic heterocycles. The van der Waals surface area contributed by atoms with Crippen molar-refractivity contribution in [3.63, 3.8) is 0 Å². The van der Waals surface area contributed by atoms with Crippen molar-refractivity contribution >= 4 is 29.4 Å². The van der Waals surface area contributed by atoms with Crippen LogP contribution in [0.3, 0.4) is 0 Å². The topological polar surface area (TPSA) is 84.5 Å². The molecular weight excluding hydrogens is 404 g/mol. The van der Waals surface area contributed by atoms with Crippen molar-refractivity contribution in [1.29, 1.82) is 0 Å². The lowest BCUT2D eigenvalue weighted by atomic mass is 10.1. The normalized spacial score (nSPS) is 11.4. The molecule has 2 rings (SSSR count). The first-order chi connectivity index (χ1) is 14.4. The predicted molar refractivity (Wildman–Crippen MR) is 116 cm³/mol. The van der Waals surface area contributed by atoms with Gasteiger partial charge in [-0.15, -0.1) is 0 Å². The first kappa shape index (κ1) is 23.4. The minimum Gasteiger partial charge on any atom is -0.456 e. The van der Waals surface area contributed by atoms with Crippen LogP contribution in [0.5, 0.6) is 0 Å². The molecule has 0 aliphatic carbocycles. The van der Waals surface area contributed by atoms with Crippen molar-refractivity contribution in [1.82, 2.24) is 10.6 Å². The molecule has 2 aromatic carbocycles. The molecule has 2 amide bonds. The summed E-state index contributed by atoms with van der Waals surface area (Å²) in [6, 6.07) is 14.4. The molecule has 0 saturated carbocycles. The van der Waals surface area contributed by atoms with Gasteiger partial charge >= 0.3 is 5.97 Å². The van der Waals surface area contributed by atoms with E-state index in [-0.39, 0.29) is 30.9 Å². The van der Waals surface area contributed by atoms with Crippen LogP contribution < -0.4 is 10.6 Å². The zero-order valence-corrected chi connectivity index (χ0v) is 18.0. The summed E-state index contributed by atoms with van der Waals surface area (Å²) in [4.78, 5) is 35.7. The van der Waals surface area contributed by atoms with Crippen LogP contribution in [0.25, 0.3) is 0 Å². The number of amides is 2. The van der Waals surface area contributed by atoms with Crippen molar-refractivity contribution < 1.29 is 19.1 Å². The summed E-state index contributed by atoms with van der Waals surface area (Å²) in [5.74, 6) is -1.07. The van der Waals surface area contributed by atoms with Crippen LogP contribution in [-0.4, -0.2) is 30.9 Å². The third-order valence-corrected chi connectivity index (χ3v) is 4.83. The summed E-state index contributed by atoms with van der Waals surface area (Å²) in [5.41, 5.74) is 2.72. The van der Waals surface area contributed by atoms with Crippen molar-refractivity contribution in [2.24, 2.45) is 0 Å². The first-order valence-electron chi connectivity index (χ1n) is 9.96. The summed E-state index contributed by atoms with van der Waals surface area (Å²) in [6.45, 7) is 3.97. The molecule has 2 N–H and O–H groups in total. The second kappa shape index (κ2) is 12.0. The fourth-order valence-corrected chi connectivity index (χ4v) is 2.89. The van der Waals surface area contributed by atoms with Crippen LogP contribution in [0, 0.1) is 0 Å². The Hall–Kier alpha value is -2.86. The van der Waals surface area contributed by atoms with Crippen LogP contribution in [-0.2, 0) is 20.7 Å². The number of esters is 1. The fraction of sp³-hybridized carbons (Fsp3) is 0.348. The van der Waals surface area contributed by atoms with E-state index < -0.39 is 5.97 Å². The highest BCUT2D eigenvalue weighted by atomic mass is 35.5. The highest BCUT2D eigenvalue weighted by Gasteiger charge is 2.12. The highest BCUT2D eigenvalue weighted by molar-refractivity contribution is 6.30. The second-order valence-electron chi connectivity index (χ2n) is 6.91. The lowest BCUT2D eigenvalue weighted by Crippen LogP contribution is -2.31. The van der Waals surface area contributed by atoms with Crippen molar-refractivity contribution in [2.75, 3.05) is 13.2 Å². The number of benzene rings is 2. The van der Waals surface area contributed by atoms with Gasteiger partial charge in [-0.3, -0.25) is 14.4 Å². The zero-order chi connectivity index (χ0) is 21.9. The standard InChI is InChI=1S/C23H27ClN2O4/c1-3-17-6-8-18(9-7-17)16(2)26-21(27)15-30-22(28)5-4-14-25-23(29)19-10-12-20(24)13-11-19/h6-13,16H,3-5,14-15H2,1-2H3,(H,25,29)(H,26,27). The quantitative estimate of drug-likeness (QED) is 0.443. The molecule has 160 valence electrons. The predicted octanol–water partition coefficient (Wildman–Crippen LogP) is 3.83. The number of carbonyl (C=O) groups excluding carboxylic acids is 3. The van der Waals surface area contributed by atoms with E-state index in [2.05, 4.69) is 17.6 Å². The van der Waals surface area contributed by atoms with Crippen molar-refractivity contribution in [2.45, 2.75) is 39.2 Å². The smallest absolute Gasteiger partial charge is 0.306 e. The number of nitrogens with one attached hydrogen (secondary N) is 2. The molecule has 1 unspecified atom stereocenters. The van der Waals surface area contributed by atoms with Gasteiger partial charge in [0.1, 0.15) is 0 Å². The third kappa shape index (κ3) is 7.87. The molecule has 0 radical (unpaired) electrons. The molecule has 7 heteroatoms. The summed E-state index contributed by atoms with van der Waals surface area (Å²) in [6.07, 6.45) is 1.49. The van der Waals surface area contributed by atoms with Crippen molar-refractivity contribution in [3.05, 3.63) is 70.2 Å². The number of halogens is 1. The number of hydrogen-bond donors (Lipinski definition) is 2. The molecule has 0 bridgehead atoms. The number of ether oxygens (including phenoxy) is 1. The lowest BCUT2D eigenvalue weighted by molar-refractivity contribution is -0.148. The van der Waals surface area contributed by atoms with Gasteiger partial charge in [0.05, 0.1) is 6.04 Å². The maximum atomic E-state index is 12.0. The van der Waals surface area contributed by atoms with Crippen LogP contribution >= 0.6 is 11.6 Å². The number of hydrogen-bond acceptors (Lipinski definition) is 4. The Balaban J connectivity index is 1.62. The van der Waals surface area contributed by atoms with Gasteiger partial charge in [0.2, 0.25) is 0 Å². The van der Waals surface area contributed by atoms with Gasteiger partial charge < -0.3 is 15.4 Å². The minimum atomic E-state index is -0.481. The Morgan fingerprint density at radius 1 is 1.03 bits per heavy atom. The Bertz CT molecular complexity index is 851. The molecule has 0 aliphatic rings. The monoisotopic (exact) mass is 430 g/mol. The van der Waals surface area contributed by atoms with Crippen LogP contribution in [0.4, 0.5) is 0 Å². The molecular formula is C23H27ClN2O4. The number of aryl methyl sites for hydroxylation is 1. The fourth-order valence-electron chi connectivity index (χ4n) is 2.76. The molecule has 0 spiro atoms. The van der Waals surface area contributed by atoms with Gasteiger partial charge in [-0.05, 0) is 55.2 Å². The van der Waals surface area contributed by atoms with Gasteiger partial charge in [0, 0.05) is 23.6 Å². The zero-order valence-electron chi connectivity index (χ0n) is 17.2. The first-order valence-corrected chi connectivity index (χ1v) is 10.3. The van der Waals surface area contributed by atoms with Crippen molar-refractivity contribution in [3.8, 4) is 0 Å². The average molecular weight is 431 g/mol. The van der Waals surface area contributed by atoms with Gasteiger partial charge in [0.15, 0.2) is 6.61 Å². The summed E-state index contributed by atoms with van der Waals surface area (Å²) >= 11 is 5.79. The van der Waals surface area contributed by atoms with E-state index in [9.17, 15) is 14.4 Å². The molecule has 30 heavy (non-hydrogen) atoms. The third-order valence-electron chi connectivity index (χ3n) is 4.58. The minimum absolute atomic E-state index is 0.113. The second-order valence-corrected chi connectivity index (χ2v) is 7.35. The van der Waals surface area contributed by atoms with E-state index in [0.29, 0.717) is 23.6 Å². The van der Waals surface area contributed by atoms with Gasteiger partial charge in [-0.2, -0.15) is 0 Å². The Morgan fingerprint density at radius 2 is 1.70 bits per heavy atom. The lowest BCUT2D eigenvalue weighted by Gasteiger charge is -2.15. The van der Waals surface area contributed by atoms with Crippen LogP contribution in [0.1, 0.15) is 54.2 Å². The number of carbonyl (C=O) groups is 3. The van der Waals surface area contributed by atoms with E-state index in [4.69, 9.17) is 16.3 Å². The van der Waals surface area contributed by atoms with Crippen LogP contribution in [0.2, 0.25) is 5.02 Å². The summed E-state index contributed by atoms with van der Waals surface area (Å²) in [7, 11) is 0. The molecule has 2 aromatic rings. The largest absolute Gasteiger partial charge is 0.456 e. The maximum absolute atomic E-state index is 12.0. The van der Waals surface area contributed by atoms with E-state index in [1.165, 1.54) is 5.56 Å². The highest BCUT2D eigenvalue weighted by Crippen LogP contribution is 2.13. The molecule has 1 atom stereocenters. The van der Waals surface area contributed by atoms with Crippen LogP contribution in [0.15, 0.2) is 48.5 Å². The molecule has 0 aliphatic heterocycles. The summed E-state index contributed by atoms with van der Waals surface area (Å²) < 4.78 is 5.00. The Kier molecular flexibility index (Phi) is 9.35. The van der Waals surface area contributed by atoms with E-state index in [1.807, 2.05) is 31.2 Å². The Morgan fingerprint density at radius 3 is 2.33 bits per heavy atom. The van der Waals surface area contributed by atoms with Gasteiger partial charge in [0.25, 0.3) is 11.8 Å². The molecule has 0 heterocycles. The van der Waals surface area contributed by atoms with Gasteiger partial charge in [-0.25, -0.2) is 0 Å². The summed E-state index contributed by atoms with van der Waals surface area (Å²) in [5, 5.41) is 6.09. The van der Waals surface area contributed by atoms with E-state index in [1.54, 1.807) is 24.3 Å². The molecule has 6 nitrogen and oxygen atoms in total. The average Bonchev–Trinajstić information content (AvgIpc) is 2.75. The Labute approximate surface area is 182 Å². The maximum Gasteiger partial charge on any atom is 0.306 e. The molecule has 0 saturated heterocycles. The SMILES string of the molecule is CCc1ccc(C(C)NC(=O)COC(=O)CCCNC(=O)c2ccc(Cl)cc2)cc1. The van der Waals surface area contributed by atoms with E-state index >= 15 is 0 Å². The van der Waals surface area contributed by atoms with E-state index in [0.717, 1.165) is 12.0 Å².